The van der Waals surface area contributed by atoms with Crippen molar-refractivity contribution in [1.29, 1.82) is 0 Å². The first kappa shape index (κ1) is 29.8. The number of aromatic nitrogens is 2. The Morgan fingerprint density at radius 1 is 1.10 bits per heavy atom. The van der Waals surface area contributed by atoms with Crippen LogP contribution in [0, 0.1) is 0 Å². The molecule has 4 rings (SSSR count). The second-order valence-corrected chi connectivity index (χ2v) is 11.0. The Hall–Kier alpha value is -3.13. The minimum atomic E-state index is -0.226. The van der Waals surface area contributed by atoms with Crippen molar-refractivity contribution in [2.75, 3.05) is 6.61 Å². The molecule has 3 aromatic carbocycles. The number of hydrogen-bond acceptors (Lipinski definition) is 5. The highest BCUT2D eigenvalue weighted by Gasteiger charge is 2.17. The summed E-state index contributed by atoms with van der Waals surface area (Å²) in [4.78, 5) is 18.3. The zero-order valence-electron chi connectivity index (χ0n) is 22.6. The monoisotopic (exact) mass is 641 g/mol. The van der Waals surface area contributed by atoms with Gasteiger partial charge in [0.1, 0.15) is 12.4 Å². The van der Waals surface area contributed by atoms with E-state index in [2.05, 4.69) is 34.5 Å². The number of ether oxygens (including phenoxy) is 2. The molecule has 0 amide bonds. The van der Waals surface area contributed by atoms with E-state index in [4.69, 9.17) is 37.7 Å². The van der Waals surface area contributed by atoms with Crippen LogP contribution in [0.1, 0.15) is 55.6 Å². The molecule has 40 heavy (non-hydrogen) atoms. The smallest absolute Gasteiger partial charge is 0.282 e. The van der Waals surface area contributed by atoms with Crippen LogP contribution in [0.25, 0.3) is 10.9 Å². The van der Waals surface area contributed by atoms with Gasteiger partial charge in [-0.1, -0.05) is 65.1 Å². The topological polar surface area (TPSA) is 65.7 Å². The first-order chi connectivity index (χ1) is 19.2. The minimum Gasteiger partial charge on any atom is -0.490 e. The summed E-state index contributed by atoms with van der Waals surface area (Å²) in [6.45, 7) is 10.6. The zero-order chi connectivity index (χ0) is 28.8. The van der Waals surface area contributed by atoms with Gasteiger partial charge in [0.2, 0.25) is 0 Å². The molecule has 1 aromatic heterocycles. The summed E-state index contributed by atoms with van der Waals surface area (Å²) in [5.74, 6) is 1.82. The van der Waals surface area contributed by atoms with Crippen LogP contribution in [-0.4, -0.2) is 22.5 Å². The predicted molar refractivity (Wildman–Crippen MR) is 168 cm³/mol. The van der Waals surface area contributed by atoms with Crippen LogP contribution >= 0.6 is 39.1 Å². The van der Waals surface area contributed by atoms with Crippen LogP contribution in [0.4, 0.5) is 0 Å². The third-order valence-electron chi connectivity index (χ3n) is 6.39. The molecule has 0 radical (unpaired) electrons. The third-order valence-corrected chi connectivity index (χ3v) is 7.63. The maximum Gasteiger partial charge on any atom is 0.282 e. The lowest BCUT2D eigenvalue weighted by Crippen LogP contribution is -2.23. The second-order valence-electron chi connectivity index (χ2n) is 9.27. The molecule has 6 nitrogen and oxygen atoms in total. The molecule has 0 bridgehead atoms. The fourth-order valence-electron chi connectivity index (χ4n) is 4.18. The fraction of sp³-hybridized carbons (Fsp3) is 0.258. The lowest BCUT2D eigenvalue weighted by atomic mass is 10.1. The molecule has 4 aromatic rings. The summed E-state index contributed by atoms with van der Waals surface area (Å²) in [7, 11) is 0. The highest BCUT2D eigenvalue weighted by Crippen LogP contribution is 2.35. The van der Waals surface area contributed by atoms with Crippen LogP contribution in [0.15, 0.2) is 75.6 Å². The number of fused-ring (bicyclic) bond motifs is 1. The predicted octanol–water partition coefficient (Wildman–Crippen LogP) is 8.57. The van der Waals surface area contributed by atoms with Gasteiger partial charge in [0.05, 0.1) is 33.8 Å². The standard InChI is InChI=1S/C31H30BrCl2N3O3/c1-5-8-22-13-21(15-28(39-7-3)29(22)40-18-20-9-11-25(33)26(34)14-20)17-35-37-30(19(4)6-2)36-27-12-10-23(32)16-24(27)31(37)38/h5,9-17,19H,1,6-8,18H2,2-4H3/t19-/m0/s1. The zero-order valence-corrected chi connectivity index (χ0v) is 25.7. The number of nitrogens with zero attached hydrogens (tertiary/aromatic N) is 3. The minimum absolute atomic E-state index is 0.0327. The highest BCUT2D eigenvalue weighted by atomic mass is 79.9. The number of allylic oxidation sites excluding steroid dienone is 1. The molecule has 0 unspecified atom stereocenters. The molecule has 0 fully saturated rings. The molecule has 0 N–H and O–H groups in total. The van der Waals surface area contributed by atoms with E-state index in [-0.39, 0.29) is 18.1 Å². The van der Waals surface area contributed by atoms with Crippen molar-refractivity contribution in [3.05, 3.63) is 109 Å². The van der Waals surface area contributed by atoms with E-state index in [0.717, 1.165) is 27.6 Å². The average Bonchev–Trinajstić information content (AvgIpc) is 2.94. The number of benzene rings is 3. The van der Waals surface area contributed by atoms with Gasteiger partial charge in [-0.05, 0) is 73.4 Å². The van der Waals surface area contributed by atoms with Crippen molar-refractivity contribution >= 4 is 56.2 Å². The summed E-state index contributed by atoms with van der Waals surface area (Å²) in [6, 6.07) is 14.7. The molecule has 208 valence electrons. The molecule has 0 aliphatic rings. The van der Waals surface area contributed by atoms with E-state index < -0.39 is 0 Å². The molecule has 1 atom stereocenters. The van der Waals surface area contributed by atoms with Crippen molar-refractivity contribution in [2.45, 2.75) is 46.1 Å². The summed E-state index contributed by atoms with van der Waals surface area (Å²) in [5, 5.41) is 6.07. The van der Waals surface area contributed by atoms with Crippen LogP contribution < -0.4 is 15.0 Å². The van der Waals surface area contributed by atoms with E-state index in [1.165, 1.54) is 4.68 Å². The van der Waals surface area contributed by atoms with Crippen molar-refractivity contribution in [2.24, 2.45) is 5.10 Å². The lowest BCUT2D eigenvalue weighted by Gasteiger charge is -2.17. The molecule has 9 heteroatoms. The Kier molecular flexibility index (Phi) is 10.1. The van der Waals surface area contributed by atoms with E-state index in [0.29, 0.717) is 51.3 Å². The van der Waals surface area contributed by atoms with Gasteiger partial charge < -0.3 is 9.47 Å². The van der Waals surface area contributed by atoms with Gasteiger partial charge in [-0.15, -0.1) is 6.58 Å². The molecular weight excluding hydrogens is 613 g/mol. The quantitative estimate of drug-likeness (QED) is 0.121. The molecule has 0 saturated carbocycles. The van der Waals surface area contributed by atoms with Crippen LogP contribution in [0.5, 0.6) is 11.5 Å². The normalized spacial score (nSPS) is 12.2. The van der Waals surface area contributed by atoms with Crippen molar-refractivity contribution in [1.82, 2.24) is 9.66 Å². The number of halogens is 3. The number of hydrogen-bond donors (Lipinski definition) is 0. The SMILES string of the molecule is C=CCc1cc(C=Nn2c([C@@H](C)CC)nc3ccc(Br)cc3c2=O)cc(OCC)c1OCc1ccc(Cl)c(Cl)c1. The van der Waals surface area contributed by atoms with Gasteiger partial charge in [-0.25, -0.2) is 4.98 Å². The summed E-state index contributed by atoms with van der Waals surface area (Å²) < 4.78 is 14.4. The molecule has 1 heterocycles. The maximum absolute atomic E-state index is 13.5. The Morgan fingerprint density at radius 3 is 2.60 bits per heavy atom. The molecular formula is C31H30BrCl2N3O3. The van der Waals surface area contributed by atoms with Gasteiger partial charge in [0, 0.05) is 16.0 Å². The van der Waals surface area contributed by atoms with Gasteiger partial charge >= 0.3 is 0 Å². The summed E-state index contributed by atoms with van der Waals surface area (Å²) in [6.07, 6.45) is 4.81. The first-order valence-electron chi connectivity index (χ1n) is 13.0. The fourth-order valence-corrected chi connectivity index (χ4v) is 4.86. The summed E-state index contributed by atoms with van der Waals surface area (Å²) in [5.41, 5.74) is 2.91. The molecule has 0 aliphatic carbocycles. The van der Waals surface area contributed by atoms with Gasteiger partial charge in [-0.2, -0.15) is 9.78 Å². The lowest BCUT2D eigenvalue weighted by molar-refractivity contribution is 0.267. The van der Waals surface area contributed by atoms with Crippen LogP contribution in [-0.2, 0) is 13.0 Å². The summed E-state index contributed by atoms with van der Waals surface area (Å²) >= 11 is 15.7. The van der Waals surface area contributed by atoms with Crippen LogP contribution in [0.3, 0.4) is 0 Å². The first-order valence-corrected chi connectivity index (χ1v) is 14.5. The Bertz CT molecular complexity index is 1630. The van der Waals surface area contributed by atoms with Crippen LogP contribution in [0.2, 0.25) is 10.0 Å². The Balaban J connectivity index is 1.76. The number of rotatable bonds is 11. The maximum atomic E-state index is 13.5. The Labute approximate surface area is 252 Å². The van der Waals surface area contributed by atoms with E-state index in [1.54, 1.807) is 30.5 Å². The van der Waals surface area contributed by atoms with Gasteiger partial charge in [0.25, 0.3) is 5.56 Å². The largest absolute Gasteiger partial charge is 0.490 e. The van der Waals surface area contributed by atoms with Crippen molar-refractivity contribution in [3.63, 3.8) is 0 Å². The molecule has 0 saturated heterocycles. The molecule has 0 spiro atoms. The third kappa shape index (κ3) is 6.77. The van der Waals surface area contributed by atoms with Crippen molar-refractivity contribution < 1.29 is 9.47 Å². The Morgan fingerprint density at radius 2 is 1.90 bits per heavy atom. The van der Waals surface area contributed by atoms with E-state index in [9.17, 15) is 4.79 Å². The van der Waals surface area contributed by atoms with Gasteiger partial charge in [0.15, 0.2) is 11.5 Å². The van der Waals surface area contributed by atoms with Gasteiger partial charge in [-0.3, -0.25) is 4.79 Å². The second kappa shape index (κ2) is 13.5. The molecule has 0 aliphatic heterocycles. The van der Waals surface area contributed by atoms with E-state index >= 15 is 0 Å². The average molecular weight is 643 g/mol. The highest BCUT2D eigenvalue weighted by molar-refractivity contribution is 9.10. The van der Waals surface area contributed by atoms with E-state index in [1.807, 2.05) is 44.2 Å². The van der Waals surface area contributed by atoms with Crippen molar-refractivity contribution in [3.8, 4) is 11.5 Å².